The Bertz CT molecular complexity index is 732. The number of halogens is 3. The van der Waals surface area contributed by atoms with Crippen molar-refractivity contribution in [1.82, 2.24) is 9.88 Å². The molecule has 0 atom stereocenters. The fourth-order valence-electron chi connectivity index (χ4n) is 2.65. The van der Waals surface area contributed by atoms with Crippen molar-refractivity contribution in [2.75, 3.05) is 13.1 Å². The quantitative estimate of drug-likeness (QED) is 0.809. The van der Waals surface area contributed by atoms with Gasteiger partial charge in [-0.2, -0.15) is 0 Å². The van der Waals surface area contributed by atoms with Gasteiger partial charge < -0.3 is 9.64 Å². The maximum absolute atomic E-state index is 13.7. The monoisotopic (exact) mass is 336 g/mol. The van der Waals surface area contributed by atoms with E-state index in [1.54, 1.807) is 24.5 Å². The van der Waals surface area contributed by atoms with Crippen molar-refractivity contribution in [2.45, 2.75) is 18.9 Å². The number of rotatable bonds is 3. The first-order chi connectivity index (χ1) is 11.6. The predicted molar refractivity (Wildman–Crippen MR) is 80.1 cm³/mol. The van der Waals surface area contributed by atoms with Crippen LogP contribution in [-0.4, -0.2) is 35.0 Å². The topological polar surface area (TPSA) is 42.4 Å². The molecule has 1 amide bonds. The van der Waals surface area contributed by atoms with Gasteiger partial charge in [0.15, 0.2) is 17.5 Å². The Morgan fingerprint density at radius 3 is 2.38 bits per heavy atom. The molecule has 4 nitrogen and oxygen atoms in total. The smallest absolute Gasteiger partial charge is 0.256 e. The summed E-state index contributed by atoms with van der Waals surface area (Å²) in [4.78, 5) is 17.6. The van der Waals surface area contributed by atoms with E-state index in [0.29, 0.717) is 31.7 Å². The molecule has 0 saturated carbocycles. The Morgan fingerprint density at radius 1 is 1.04 bits per heavy atom. The highest BCUT2D eigenvalue weighted by atomic mass is 19.2. The average Bonchev–Trinajstić information content (AvgIpc) is 2.61. The average molecular weight is 336 g/mol. The second-order valence-electron chi connectivity index (χ2n) is 5.52. The first kappa shape index (κ1) is 16.3. The van der Waals surface area contributed by atoms with Crippen LogP contribution in [-0.2, 0) is 0 Å². The van der Waals surface area contributed by atoms with Gasteiger partial charge in [-0.05, 0) is 24.3 Å². The van der Waals surface area contributed by atoms with Crippen molar-refractivity contribution < 1.29 is 22.7 Å². The minimum atomic E-state index is -1.63. The van der Waals surface area contributed by atoms with Crippen LogP contribution in [0.4, 0.5) is 13.2 Å². The third-order valence-corrected chi connectivity index (χ3v) is 3.95. The van der Waals surface area contributed by atoms with E-state index in [0.717, 1.165) is 12.1 Å². The fraction of sp³-hybridized carbons (Fsp3) is 0.294. The molecule has 0 N–H and O–H groups in total. The number of carbonyl (C=O) groups is 1. The van der Waals surface area contributed by atoms with Crippen molar-refractivity contribution in [3.63, 3.8) is 0 Å². The largest absolute Gasteiger partial charge is 0.490 e. The van der Waals surface area contributed by atoms with Gasteiger partial charge in [0.25, 0.3) is 5.91 Å². The molecule has 2 heterocycles. The lowest BCUT2D eigenvalue weighted by molar-refractivity contribution is 0.0590. The van der Waals surface area contributed by atoms with E-state index >= 15 is 0 Å². The number of carbonyl (C=O) groups excluding carboxylic acids is 1. The number of amides is 1. The number of likely N-dealkylation sites (tertiary alicyclic amines) is 1. The SMILES string of the molecule is O=C(c1ccc(F)c(F)c1F)N1CCC(Oc2ccncc2)CC1. The molecule has 7 heteroatoms. The third kappa shape index (κ3) is 3.34. The van der Waals surface area contributed by atoms with Crippen molar-refractivity contribution >= 4 is 5.91 Å². The van der Waals surface area contributed by atoms with E-state index in [9.17, 15) is 18.0 Å². The molecular formula is C17H15F3N2O2. The summed E-state index contributed by atoms with van der Waals surface area (Å²) < 4.78 is 45.8. The van der Waals surface area contributed by atoms with Gasteiger partial charge in [-0.3, -0.25) is 9.78 Å². The van der Waals surface area contributed by atoms with Crippen LogP contribution in [0.2, 0.25) is 0 Å². The predicted octanol–water partition coefficient (Wildman–Crippen LogP) is 3.18. The van der Waals surface area contributed by atoms with E-state index in [1.165, 1.54) is 4.90 Å². The molecule has 1 aromatic heterocycles. The summed E-state index contributed by atoms with van der Waals surface area (Å²) in [6, 6.07) is 5.21. The molecule has 0 radical (unpaired) electrons. The van der Waals surface area contributed by atoms with Gasteiger partial charge >= 0.3 is 0 Å². The number of pyridine rings is 1. The van der Waals surface area contributed by atoms with Gasteiger partial charge in [0, 0.05) is 38.3 Å². The minimum absolute atomic E-state index is 0.0637. The molecule has 24 heavy (non-hydrogen) atoms. The van der Waals surface area contributed by atoms with Crippen molar-refractivity contribution in [1.29, 1.82) is 0 Å². The number of nitrogens with zero attached hydrogens (tertiary/aromatic N) is 2. The van der Waals surface area contributed by atoms with E-state index in [4.69, 9.17) is 4.74 Å². The standard InChI is InChI=1S/C17H15F3N2O2/c18-14-2-1-13(15(19)16(14)20)17(23)22-9-5-12(6-10-22)24-11-3-7-21-8-4-11/h1-4,7-8,12H,5-6,9-10H2. The van der Waals surface area contributed by atoms with E-state index < -0.39 is 28.9 Å². The highest BCUT2D eigenvalue weighted by Gasteiger charge is 2.27. The van der Waals surface area contributed by atoms with Crippen LogP contribution in [0.5, 0.6) is 5.75 Å². The maximum atomic E-state index is 13.7. The van der Waals surface area contributed by atoms with E-state index in [1.807, 2.05) is 0 Å². The number of hydrogen-bond donors (Lipinski definition) is 0. The van der Waals surface area contributed by atoms with Gasteiger partial charge in [-0.25, -0.2) is 13.2 Å². The number of ether oxygens (including phenoxy) is 1. The maximum Gasteiger partial charge on any atom is 0.256 e. The summed E-state index contributed by atoms with van der Waals surface area (Å²) in [5.41, 5.74) is -0.456. The van der Waals surface area contributed by atoms with Gasteiger partial charge in [0.2, 0.25) is 0 Å². The summed E-state index contributed by atoms with van der Waals surface area (Å²) in [5, 5.41) is 0. The van der Waals surface area contributed by atoms with Crippen molar-refractivity contribution in [3.8, 4) is 5.75 Å². The number of aromatic nitrogens is 1. The molecule has 2 aromatic rings. The Balaban J connectivity index is 1.62. The van der Waals surface area contributed by atoms with Crippen LogP contribution in [0, 0.1) is 17.5 Å². The second kappa shape index (κ2) is 6.90. The lowest BCUT2D eigenvalue weighted by Crippen LogP contribution is -2.42. The Hall–Kier alpha value is -2.57. The Morgan fingerprint density at radius 2 is 1.71 bits per heavy atom. The molecule has 1 fully saturated rings. The molecule has 126 valence electrons. The van der Waals surface area contributed by atoms with Crippen LogP contribution in [0.1, 0.15) is 23.2 Å². The van der Waals surface area contributed by atoms with Crippen LogP contribution in [0.25, 0.3) is 0 Å². The summed E-state index contributed by atoms with van der Waals surface area (Å²) in [5.74, 6) is -4.34. The summed E-state index contributed by atoms with van der Waals surface area (Å²) in [6.07, 6.45) is 4.32. The van der Waals surface area contributed by atoms with Crippen LogP contribution < -0.4 is 4.74 Å². The number of benzene rings is 1. The molecule has 0 unspecified atom stereocenters. The molecule has 1 aromatic carbocycles. The second-order valence-corrected chi connectivity index (χ2v) is 5.52. The van der Waals surface area contributed by atoms with Gasteiger partial charge in [0.1, 0.15) is 11.9 Å². The summed E-state index contributed by atoms with van der Waals surface area (Å²) in [6.45, 7) is 0.708. The van der Waals surface area contributed by atoms with Crippen molar-refractivity contribution in [3.05, 3.63) is 59.7 Å². The molecule has 0 aliphatic carbocycles. The molecule has 1 aliphatic rings. The van der Waals surface area contributed by atoms with Crippen LogP contribution in [0.3, 0.4) is 0 Å². The van der Waals surface area contributed by atoms with Crippen LogP contribution in [0.15, 0.2) is 36.7 Å². The summed E-state index contributed by atoms with van der Waals surface area (Å²) >= 11 is 0. The van der Waals surface area contributed by atoms with Gasteiger partial charge in [-0.1, -0.05) is 0 Å². The van der Waals surface area contributed by atoms with E-state index in [2.05, 4.69) is 4.98 Å². The number of piperidine rings is 1. The molecule has 0 bridgehead atoms. The molecule has 3 rings (SSSR count). The van der Waals surface area contributed by atoms with Crippen molar-refractivity contribution in [2.24, 2.45) is 0 Å². The normalized spacial score (nSPS) is 15.4. The highest BCUT2D eigenvalue weighted by molar-refractivity contribution is 5.94. The van der Waals surface area contributed by atoms with Gasteiger partial charge in [0.05, 0.1) is 5.56 Å². The molecular weight excluding hydrogens is 321 g/mol. The van der Waals surface area contributed by atoms with Crippen LogP contribution >= 0.6 is 0 Å². The zero-order valence-electron chi connectivity index (χ0n) is 12.7. The first-order valence-corrected chi connectivity index (χ1v) is 7.55. The number of hydrogen-bond acceptors (Lipinski definition) is 3. The molecule has 1 saturated heterocycles. The molecule has 0 spiro atoms. The lowest BCUT2D eigenvalue weighted by Gasteiger charge is -2.32. The van der Waals surface area contributed by atoms with E-state index in [-0.39, 0.29) is 6.10 Å². The zero-order valence-corrected chi connectivity index (χ0v) is 12.7. The molecule has 1 aliphatic heterocycles. The lowest BCUT2D eigenvalue weighted by atomic mass is 10.1. The zero-order chi connectivity index (χ0) is 17.1. The highest BCUT2D eigenvalue weighted by Crippen LogP contribution is 2.22. The fourth-order valence-corrected chi connectivity index (χ4v) is 2.65. The summed E-state index contributed by atoms with van der Waals surface area (Å²) in [7, 11) is 0. The third-order valence-electron chi connectivity index (χ3n) is 3.95. The first-order valence-electron chi connectivity index (χ1n) is 7.55. The Labute approximate surface area is 136 Å². The van der Waals surface area contributed by atoms with Gasteiger partial charge in [-0.15, -0.1) is 0 Å². The Kier molecular flexibility index (Phi) is 4.69. The minimum Gasteiger partial charge on any atom is -0.490 e.